The monoisotopic (exact) mass is 382 g/mol. The minimum atomic E-state index is -0.147. The van der Waals surface area contributed by atoms with Gasteiger partial charge in [-0.3, -0.25) is 9.78 Å². The van der Waals surface area contributed by atoms with E-state index in [4.69, 9.17) is 0 Å². The van der Waals surface area contributed by atoms with Gasteiger partial charge in [0, 0.05) is 18.1 Å². The van der Waals surface area contributed by atoms with Gasteiger partial charge in [0.25, 0.3) is 5.91 Å². The number of carbonyl (C=O) groups is 1. The van der Waals surface area contributed by atoms with Gasteiger partial charge in [-0.05, 0) is 60.4 Å². The molecule has 0 aliphatic heterocycles. The lowest BCUT2D eigenvalue weighted by atomic mass is 10.1. The van der Waals surface area contributed by atoms with Crippen LogP contribution in [0.5, 0.6) is 0 Å². The van der Waals surface area contributed by atoms with Gasteiger partial charge in [0.1, 0.15) is 0 Å². The molecule has 0 aliphatic carbocycles. The normalized spacial score (nSPS) is 10.7. The van der Waals surface area contributed by atoms with E-state index in [-0.39, 0.29) is 5.91 Å². The number of rotatable bonds is 6. The summed E-state index contributed by atoms with van der Waals surface area (Å²) < 4.78 is 1.83. The van der Waals surface area contributed by atoms with E-state index < -0.39 is 0 Å². The van der Waals surface area contributed by atoms with E-state index in [2.05, 4.69) is 15.4 Å². The Labute approximate surface area is 170 Å². The molecule has 0 fully saturated rings. The molecule has 0 radical (unpaired) electrons. The molecule has 0 bridgehead atoms. The van der Waals surface area contributed by atoms with Crippen LogP contribution in [0.1, 0.15) is 34.1 Å². The quantitative estimate of drug-likeness (QED) is 0.527. The summed E-state index contributed by atoms with van der Waals surface area (Å²) in [6, 6.07) is 21.8. The molecule has 5 nitrogen and oxygen atoms in total. The summed E-state index contributed by atoms with van der Waals surface area (Å²) in [5.74, 6) is -0.147. The Kier molecular flexibility index (Phi) is 5.47. The number of pyridine rings is 1. The first-order chi connectivity index (χ1) is 14.2. The first-order valence-corrected chi connectivity index (χ1v) is 9.66. The molecule has 1 N–H and O–H groups in total. The van der Waals surface area contributed by atoms with Crippen LogP contribution in [0.3, 0.4) is 0 Å². The third-order valence-corrected chi connectivity index (χ3v) is 4.82. The van der Waals surface area contributed by atoms with Crippen LogP contribution in [0.2, 0.25) is 0 Å². The van der Waals surface area contributed by atoms with Crippen molar-refractivity contribution in [1.82, 2.24) is 14.8 Å². The maximum absolute atomic E-state index is 12.8. The fourth-order valence-corrected chi connectivity index (χ4v) is 3.34. The highest BCUT2D eigenvalue weighted by Gasteiger charge is 2.17. The molecule has 2 heterocycles. The molecular weight excluding hydrogens is 360 g/mol. The zero-order chi connectivity index (χ0) is 20.1. The summed E-state index contributed by atoms with van der Waals surface area (Å²) in [5.41, 5.74) is 5.59. The third kappa shape index (κ3) is 4.24. The van der Waals surface area contributed by atoms with E-state index in [9.17, 15) is 4.79 Å². The zero-order valence-corrected chi connectivity index (χ0v) is 16.2. The molecule has 2 aromatic heterocycles. The Bertz CT molecular complexity index is 1090. The fraction of sp³-hybridized carbons (Fsp3) is 0.125. The molecule has 0 saturated heterocycles. The Morgan fingerprint density at radius 2 is 1.62 bits per heavy atom. The summed E-state index contributed by atoms with van der Waals surface area (Å²) in [6.07, 6.45) is 6.78. The number of benzene rings is 2. The van der Waals surface area contributed by atoms with Gasteiger partial charge in [0.15, 0.2) is 0 Å². The molecule has 0 atom stereocenters. The van der Waals surface area contributed by atoms with Gasteiger partial charge in [0.05, 0.1) is 23.1 Å². The molecule has 29 heavy (non-hydrogen) atoms. The van der Waals surface area contributed by atoms with E-state index in [0.717, 1.165) is 23.5 Å². The van der Waals surface area contributed by atoms with Gasteiger partial charge in [-0.1, -0.05) is 37.3 Å². The summed E-state index contributed by atoms with van der Waals surface area (Å²) >= 11 is 0. The highest BCUT2D eigenvalue weighted by molar-refractivity contribution is 6.05. The van der Waals surface area contributed by atoms with Gasteiger partial charge in [0.2, 0.25) is 0 Å². The summed E-state index contributed by atoms with van der Waals surface area (Å²) in [7, 11) is 0. The number of hydrogen-bond donors (Lipinski definition) is 1. The van der Waals surface area contributed by atoms with E-state index in [1.165, 1.54) is 11.1 Å². The summed E-state index contributed by atoms with van der Waals surface area (Å²) in [6.45, 7) is 2.03. The molecule has 0 saturated carbocycles. The second-order valence-corrected chi connectivity index (χ2v) is 6.79. The van der Waals surface area contributed by atoms with Crippen LogP contribution in [0.15, 0.2) is 85.3 Å². The molecule has 0 aliphatic rings. The maximum atomic E-state index is 12.8. The van der Waals surface area contributed by atoms with Gasteiger partial charge < -0.3 is 5.32 Å². The number of nitrogens with zero attached hydrogens (tertiary/aromatic N) is 3. The van der Waals surface area contributed by atoms with Gasteiger partial charge in [-0.15, -0.1) is 0 Å². The second-order valence-electron chi connectivity index (χ2n) is 6.79. The topological polar surface area (TPSA) is 59.8 Å². The van der Waals surface area contributed by atoms with Gasteiger partial charge >= 0.3 is 0 Å². The zero-order valence-electron chi connectivity index (χ0n) is 16.2. The lowest BCUT2D eigenvalue weighted by Crippen LogP contribution is -2.14. The van der Waals surface area contributed by atoms with Crippen LogP contribution in [-0.2, 0) is 12.8 Å². The Hall–Kier alpha value is -3.73. The molecule has 144 valence electrons. The number of anilines is 1. The van der Waals surface area contributed by atoms with E-state index in [0.29, 0.717) is 12.0 Å². The average molecular weight is 382 g/mol. The van der Waals surface area contributed by atoms with Crippen LogP contribution in [-0.4, -0.2) is 20.7 Å². The van der Waals surface area contributed by atoms with Crippen LogP contribution in [0.25, 0.3) is 5.69 Å². The van der Waals surface area contributed by atoms with E-state index >= 15 is 0 Å². The van der Waals surface area contributed by atoms with E-state index in [1.54, 1.807) is 18.6 Å². The van der Waals surface area contributed by atoms with Crippen molar-refractivity contribution in [3.05, 3.63) is 108 Å². The molecule has 0 unspecified atom stereocenters. The Balaban J connectivity index is 1.49. The van der Waals surface area contributed by atoms with Crippen molar-refractivity contribution in [1.29, 1.82) is 0 Å². The predicted octanol–water partition coefficient (Wildman–Crippen LogP) is 4.67. The van der Waals surface area contributed by atoms with Crippen molar-refractivity contribution in [2.24, 2.45) is 0 Å². The summed E-state index contributed by atoms with van der Waals surface area (Å²) in [5, 5.41) is 7.42. The highest BCUT2D eigenvalue weighted by Crippen LogP contribution is 2.18. The van der Waals surface area contributed by atoms with Crippen molar-refractivity contribution in [2.75, 3.05) is 5.32 Å². The van der Waals surface area contributed by atoms with Crippen LogP contribution in [0.4, 0.5) is 5.69 Å². The Morgan fingerprint density at radius 1 is 0.931 bits per heavy atom. The largest absolute Gasteiger partial charge is 0.322 e. The van der Waals surface area contributed by atoms with Gasteiger partial charge in [-0.2, -0.15) is 5.10 Å². The number of carbonyl (C=O) groups excluding carboxylic acids is 1. The molecule has 0 spiro atoms. The van der Waals surface area contributed by atoms with Crippen LogP contribution >= 0.6 is 0 Å². The lowest BCUT2D eigenvalue weighted by Gasteiger charge is -2.09. The Morgan fingerprint density at radius 3 is 2.31 bits per heavy atom. The number of para-hydroxylation sites is 1. The second kappa shape index (κ2) is 8.52. The van der Waals surface area contributed by atoms with Crippen molar-refractivity contribution in [3.63, 3.8) is 0 Å². The molecule has 1 amide bonds. The fourth-order valence-electron chi connectivity index (χ4n) is 3.34. The maximum Gasteiger partial charge on any atom is 0.259 e. The first kappa shape index (κ1) is 18.6. The SMILES string of the molecule is CCc1c(C(=O)Nc2ccc(Cc3ccncc3)cc2)cnn1-c1ccccc1. The standard InChI is InChI=1S/C24H22N4O/c1-2-23-22(17-26-28(23)21-6-4-3-5-7-21)24(29)27-20-10-8-18(9-11-20)16-19-12-14-25-15-13-19/h3-15,17H,2,16H2,1H3,(H,27,29). The molecule has 2 aromatic carbocycles. The van der Waals surface area contributed by atoms with Crippen molar-refractivity contribution in [2.45, 2.75) is 19.8 Å². The predicted molar refractivity (Wildman–Crippen MR) is 114 cm³/mol. The van der Waals surface area contributed by atoms with Crippen LogP contribution in [0, 0.1) is 0 Å². The molecule has 4 aromatic rings. The first-order valence-electron chi connectivity index (χ1n) is 9.66. The van der Waals surface area contributed by atoms with Crippen molar-refractivity contribution >= 4 is 11.6 Å². The minimum Gasteiger partial charge on any atom is -0.322 e. The van der Waals surface area contributed by atoms with Crippen molar-refractivity contribution < 1.29 is 4.79 Å². The third-order valence-electron chi connectivity index (χ3n) is 4.82. The number of hydrogen-bond acceptors (Lipinski definition) is 3. The van der Waals surface area contributed by atoms with Gasteiger partial charge in [-0.25, -0.2) is 4.68 Å². The van der Waals surface area contributed by atoms with Crippen LogP contribution < -0.4 is 5.32 Å². The lowest BCUT2D eigenvalue weighted by molar-refractivity contribution is 0.102. The molecular formula is C24H22N4O. The highest BCUT2D eigenvalue weighted by atomic mass is 16.1. The number of amides is 1. The van der Waals surface area contributed by atoms with E-state index in [1.807, 2.05) is 78.3 Å². The molecule has 5 heteroatoms. The minimum absolute atomic E-state index is 0.147. The molecule has 4 rings (SSSR count). The number of nitrogens with one attached hydrogen (secondary N) is 1. The average Bonchev–Trinajstić information content (AvgIpc) is 3.21. The van der Waals surface area contributed by atoms with Crippen molar-refractivity contribution in [3.8, 4) is 5.69 Å². The summed E-state index contributed by atoms with van der Waals surface area (Å²) in [4.78, 5) is 16.9. The smallest absolute Gasteiger partial charge is 0.259 e. The number of aromatic nitrogens is 3.